The van der Waals surface area contributed by atoms with Crippen molar-refractivity contribution >= 4 is 5.95 Å². The summed E-state index contributed by atoms with van der Waals surface area (Å²) in [4.78, 5) is 26.7. The Morgan fingerprint density at radius 1 is 1.24 bits per heavy atom. The van der Waals surface area contributed by atoms with E-state index in [1.807, 2.05) is 19.3 Å². The van der Waals surface area contributed by atoms with E-state index in [1.54, 1.807) is 10.9 Å². The lowest BCUT2D eigenvalue weighted by atomic mass is 9.97. The molecule has 2 aromatic heterocycles. The fraction of sp³-hybridized carbons (Fsp3) is 0.467. The Labute approximate surface area is 123 Å². The first-order chi connectivity index (χ1) is 10.2. The zero-order valence-corrected chi connectivity index (χ0v) is 12.1. The van der Waals surface area contributed by atoms with Crippen LogP contribution in [0.3, 0.4) is 0 Å². The zero-order chi connectivity index (χ0) is 14.7. The zero-order valence-electron chi connectivity index (χ0n) is 12.1. The van der Waals surface area contributed by atoms with Crippen LogP contribution < -0.4 is 10.5 Å². The van der Waals surface area contributed by atoms with Gasteiger partial charge in [-0.05, 0) is 31.2 Å². The van der Waals surface area contributed by atoms with E-state index in [0.29, 0.717) is 5.92 Å². The van der Waals surface area contributed by atoms with Crippen LogP contribution in [0.1, 0.15) is 18.4 Å². The first-order valence-corrected chi connectivity index (χ1v) is 7.26. The molecule has 3 rings (SSSR count). The van der Waals surface area contributed by atoms with Crippen molar-refractivity contribution in [3.63, 3.8) is 0 Å². The molecular formula is C15H19N5O. The summed E-state index contributed by atoms with van der Waals surface area (Å²) in [7, 11) is 0. The van der Waals surface area contributed by atoms with Crippen molar-refractivity contribution < 1.29 is 0 Å². The Balaban J connectivity index is 1.59. The standard InChI is InChI=1S/C15H19N5O/c1-12-8-17-15(18-9-12)19-6-3-13(4-7-19)10-20-11-16-5-2-14(20)21/h2,5,8-9,11,13H,3-4,6-7,10H2,1H3. The Kier molecular flexibility index (Phi) is 3.94. The van der Waals surface area contributed by atoms with Crippen molar-refractivity contribution in [2.45, 2.75) is 26.3 Å². The molecule has 0 saturated carbocycles. The smallest absolute Gasteiger partial charge is 0.253 e. The predicted octanol–water partition coefficient (Wildman–Crippen LogP) is 1.26. The molecule has 0 bridgehead atoms. The van der Waals surface area contributed by atoms with Gasteiger partial charge in [0.25, 0.3) is 5.56 Å². The van der Waals surface area contributed by atoms with E-state index in [4.69, 9.17) is 0 Å². The Bertz CT molecular complexity index is 644. The third-order valence-corrected chi connectivity index (χ3v) is 3.91. The van der Waals surface area contributed by atoms with E-state index in [1.165, 1.54) is 12.3 Å². The summed E-state index contributed by atoms with van der Waals surface area (Å²) < 4.78 is 1.70. The maximum atomic E-state index is 11.7. The van der Waals surface area contributed by atoms with Crippen LogP contribution in [0.25, 0.3) is 0 Å². The highest BCUT2D eigenvalue weighted by atomic mass is 16.1. The fourth-order valence-electron chi connectivity index (χ4n) is 2.66. The molecule has 6 nitrogen and oxygen atoms in total. The molecule has 0 N–H and O–H groups in total. The molecule has 1 fully saturated rings. The average Bonchev–Trinajstić information content (AvgIpc) is 2.51. The van der Waals surface area contributed by atoms with Gasteiger partial charge in [0.05, 0.1) is 6.33 Å². The highest BCUT2D eigenvalue weighted by molar-refractivity contribution is 5.30. The van der Waals surface area contributed by atoms with Crippen LogP contribution in [0.5, 0.6) is 0 Å². The Hall–Kier alpha value is -2.24. The highest BCUT2D eigenvalue weighted by Gasteiger charge is 2.21. The monoisotopic (exact) mass is 285 g/mol. The molecule has 2 aromatic rings. The van der Waals surface area contributed by atoms with E-state index < -0.39 is 0 Å². The lowest BCUT2D eigenvalue weighted by molar-refractivity contribution is 0.349. The summed E-state index contributed by atoms with van der Waals surface area (Å²) in [5.41, 5.74) is 1.10. The normalized spacial score (nSPS) is 16.1. The molecule has 3 heterocycles. The molecule has 21 heavy (non-hydrogen) atoms. The van der Waals surface area contributed by atoms with Crippen molar-refractivity contribution in [3.8, 4) is 0 Å². The van der Waals surface area contributed by atoms with Crippen molar-refractivity contribution in [1.29, 1.82) is 0 Å². The van der Waals surface area contributed by atoms with Gasteiger partial charge in [-0.1, -0.05) is 0 Å². The van der Waals surface area contributed by atoms with Gasteiger partial charge in [0.2, 0.25) is 5.95 Å². The predicted molar refractivity (Wildman–Crippen MR) is 80.2 cm³/mol. The second-order valence-corrected chi connectivity index (χ2v) is 5.56. The van der Waals surface area contributed by atoms with E-state index >= 15 is 0 Å². The molecular weight excluding hydrogens is 266 g/mol. The number of nitrogens with zero attached hydrogens (tertiary/aromatic N) is 5. The van der Waals surface area contributed by atoms with Gasteiger partial charge in [0.1, 0.15) is 0 Å². The average molecular weight is 285 g/mol. The number of rotatable bonds is 3. The third kappa shape index (κ3) is 3.26. The molecule has 0 unspecified atom stereocenters. The number of hydrogen-bond acceptors (Lipinski definition) is 5. The number of hydrogen-bond donors (Lipinski definition) is 0. The number of anilines is 1. The van der Waals surface area contributed by atoms with Crippen LogP contribution in [0, 0.1) is 12.8 Å². The molecule has 6 heteroatoms. The maximum Gasteiger partial charge on any atom is 0.253 e. The number of piperidine rings is 1. The minimum absolute atomic E-state index is 0.0225. The van der Waals surface area contributed by atoms with Crippen LogP contribution in [0.15, 0.2) is 35.8 Å². The summed E-state index contributed by atoms with van der Waals surface area (Å²) >= 11 is 0. The first kappa shape index (κ1) is 13.7. The summed E-state index contributed by atoms with van der Waals surface area (Å²) in [6, 6.07) is 1.51. The van der Waals surface area contributed by atoms with Gasteiger partial charge < -0.3 is 4.90 Å². The van der Waals surface area contributed by atoms with E-state index in [-0.39, 0.29) is 5.56 Å². The molecule has 1 saturated heterocycles. The van der Waals surface area contributed by atoms with Crippen LogP contribution in [-0.4, -0.2) is 32.6 Å². The summed E-state index contributed by atoms with van der Waals surface area (Å²) in [5.74, 6) is 1.31. The molecule has 0 atom stereocenters. The molecule has 110 valence electrons. The summed E-state index contributed by atoms with van der Waals surface area (Å²) in [6.45, 7) is 4.60. The minimum atomic E-state index is 0.0225. The van der Waals surface area contributed by atoms with Crippen molar-refractivity contribution in [2.75, 3.05) is 18.0 Å². The minimum Gasteiger partial charge on any atom is -0.341 e. The van der Waals surface area contributed by atoms with E-state index in [0.717, 1.165) is 44.0 Å². The van der Waals surface area contributed by atoms with Gasteiger partial charge in [-0.15, -0.1) is 0 Å². The van der Waals surface area contributed by atoms with Crippen molar-refractivity contribution in [1.82, 2.24) is 19.5 Å². The lowest BCUT2D eigenvalue weighted by Crippen LogP contribution is -2.37. The van der Waals surface area contributed by atoms with Crippen LogP contribution in [0.4, 0.5) is 5.95 Å². The van der Waals surface area contributed by atoms with E-state index in [2.05, 4.69) is 19.9 Å². The van der Waals surface area contributed by atoms with Crippen LogP contribution in [0.2, 0.25) is 0 Å². The van der Waals surface area contributed by atoms with Crippen LogP contribution in [-0.2, 0) is 6.54 Å². The van der Waals surface area contributed by atoms with Crippen molar-refractivity contribution in [2.24, 2.45) is 5.92 Å². The molecule has 0 aromatic carbocycles. The fourth-order valence-corrected chi connectivity index (χ4v) is 2.66. The van der Waals surface area contributed by atoms with Gasteiger partial charge in [0.15, 0.2) is 0 Å². The maximum absolute atomic E-state index is 11.7. The summed E-state index contributed by atoms with van der Waals surface area (Å²) in [6.07, 6.45) is 8.94. The van der Waals surface area contributed by atoms with Gasteiger partial charge in [-0.3, -0.25) is 9.36 Å². The lowest BCUT2D eigenvalue weighted by Gasteiger charge is -2.32. The van der Waals surface area contributed by atoms with Gasteiger partial charge in [-0.2, -0.15) is 0 Å². The molecule has 0 amide bonds. The van der Waals surface area contributed by atoms with Gasteiger partial charge in [-0.25, -0.2) is 15.0 Å². The molecule has 1 aliphatic heterocycles. The quantitative estimate of drug-likeness (QED) is 0.849. The van der Waals surface area contributed by atoms with Gasteiger partial charge in [0, 0.05) is 44.3 Å². The molecule has 1 aliphatic rings. The molecule has 0 radical (unpaired) electrons. The Morgan fingerprint density at radius 2 is 1.95 bits per heavy atom. The topological polar surface area (TPSA) is 63.9 Å². The molecule has 0 spiro atoms. The summed E-state index contributed by atoms with van der Waals surface area (Å²) in [5, 5.41) is 0. The highest BCUT2D eigenvalue weighted by Crippen LogP contribution is 2.21. The largest absolute Gasteiger partial charge is 0.341 e. The van der Waals surface area contributed by atoms with Gasteiger partial charge >= 0.3 is 0 Å². The van der Waals surface area contributed by atoms with Crippen molar-refractivity contribution in [3.05, 3.63) is 46.9 Å². The SMILES string of the molecule is Cc1cnc(N2CCC(Cn3cnccc3=O)CC2)nc1. The first-order valence-electron chi connectivity index (χ1n) is 7.26. The number of aryl methyl sites for hydroxylation is 1. The van der Waals surface area contributed by atoms with E-state index in [9.17, 15) is 4.79 Å². The van der Waals surface area contributed by atoms with Crippen LogP contribution >= 0.6 is 0 Å². The third-order valence-electron chi connectivity index (χ3n) is 3.91. The molecule has 0 aliphatic carbocycles. The second-order valence-electron chi connectivity index (χ2n) is 5.56. The second kappa shape index (κ2) is 6.03. The number of aromatic nitrogens is 4. The Morgan fingerprint density at radius 3 is 2.62 bits per heavy atom.